The first-order valence-electron chi connectivity index (χ1n) is 9.51. The minimum Gasteiger partial charge on any atom is -0.324 e. The average Bonchev–Trinajstić information content (AvgIpc) is 2.97. The van der Waals surface area contributed by atoms with Crippen LogP contribution in [-0.4, -0.2) is 58.3 Å². The maximum Gasteiger partial charge on any atom is 0.321 e. The van der Waals surface area contributed by atoms with Crippen LogP contribution in [-0.2, 0) is 0 Å². The standard InChI is InChI=1S/C18H29N5O/c1-14(16-4-5-16)23-13-17(10-19-23)20-18(24)22-9-6-15(12-22)11-21-7-2-3-8-21/h10,13-16H,2-9,11-12H2,1H3,(H,20,24)/t14-,15+/m0/s1. The summed E-state index contributed by atoms with van der Waals surface area (Å²) in [6.45, 7) is 7.59. The minimum atomic E-state index is 0.0255. The lowest BCUT2D eigenvalue weighted by atomic mass is 10.1. The third-order valence-corrected chi connectivity index (χ3v) is 5.86. The normalized spacial score (nSPS) is 26.0. The Morgan fingerprint density at radius 3 is 2.83 bits per heavy atom. The van der Waals surface area contributed by atoms with Crippen molar-refractivity contribution in [3.63, 3.8) is 0 Å². The molecular formula is C18H29N5O. The summed E-state index contributed by atoms with van der Waals surface area (Å²) in [6.07, 6.45) is 10.1. The molecule has 1 N–H and O–H groups in total. The number of amides is 2. The first-order valence-corrected chi connectivity index (χ1v) is 9.51. The van der Waals surface area contributed by atoms with Crippen molar-refractivity contribution >= 4 is 11.7 Å². The van der Waals surface area contributed by atoms with Gasteiger partial charge in [0.25, 0.3) is 0 Å². The van der Waals surface area contributed by atoms with E-state index in [0.717, 1.165) is 37.7 Å². The molecule has 0 aromatic carbocycles. The Balaban J connectivity index is 1.27. The van der Waals surface area contributed by atoms with E-state index in [1.807, 2.05) is 15.8 Å². The van der Waals surface area contributed by atoms with Gasteiger partial charge in [-0.15, -0.1) is 0 Å². The lowest BCUT2D eigenvalue weighted by Gasteiger charge is -2.20. The van der Waals surface area contributed by atoms with E-state index < -0.39 is 0 Å². The second kappa shape index (κ2) is 6.75. The topological polar surface area (TPSA) is 53.4 Å². The van der Waals surface area contributed by atoms with Gasteiger partial charge >= 0.3 is 6.03 Å². The van der Waals surface area contributed by atoms with Gasteiger partial charge in [-0.05, 0) is 64.0 Å². The van der Waals surface area contributed by atoms with Crippen molar-refractivity contribution in [2.45, 2.75) is 45.1 Å². The molecule has 24 heavy (non-hydrogen) atoms. The number of nitrogens with zero attached hydrogens (tertiary/aromatic N) is 4. The van der Waals surface area contributed by atoms with E-state index in [-0.39, 0.29) is 6.03 Å². The van der Waals surface area contributed by atoms with E-state index in [0.29, 0.717) is 12.0 Å². The highest BCUT2D eigenvalue weighted by molar-refractivity contribution is 5.89. The number of hydrogen-bond donors (Lipinski definition) is 1. The van der Waals surface area contributed by atoms with Gasteiger partial charge in [0.15, 0.2) is 0 Å². The lowest BCUT2D eigenvalue weighted by Crippen LogP contribution is -2.34. The molecule has 1 aliphatic carbocycles. The Kier molecular flexibility index (Phi) is 4.48. The Labute approximate surface area is 144 Å². The van der Waals surface area contributed by atoms with Crippen molar-refractivity contribution in [2.24, 2.45) is 11.8 Å². The number of rotatable bonds is 5. The summed E-state index contributed by atoms with van der Waals surface area (Å²) in [5.74, 6) is 1.39. The Morgan fingerprint density at radius 1 is 1.29 bits per heavy atom. The summed E-state index contributed by atoms with van der Waals surface area (Å²) >= 11 is 0. The first kappa shape index (κ1) is 15.9. The average molecular weight is 331 g/mol. The number of aromatic nitrogens is 2. The van der Waals surface area contributed by atoms with E-state index >= 15 is 0 Å². The molecule has 2 aliphatic heterocycles. The SMILES string of the molecule is C[C@@H](C1CC1)n1cc(NC(=O)N2CC[C@H](CN3CCCC3)C2)cn1. The third kappa shape index (κ3) is 3.58. The highest BCUT2D eigenvalue weighted by Crippen LogP contribution is 2.39. The van der Waals surface area contributed by atoms with Gasteiger partial charge in [0.1, 0.15) is 0 Å². The highest BCUT2D eigenvalue weighted by atomic mass is 16.2. The van der Waals surface area contributed by atoms with Crippen molar-refractivity contribution in [3.8, 4) is 0 Å². The van der Waals surface area contributed by atoms with Crippen molar-refractivity contribution in [3.05, 3.63) is 12.4 Å². The van der Waals surface area contributed by atoms with E-state index in [9.17, 15) is 4.79 Å². The first-order chi connectivity index (χ1) is 11.7. The smallest absolute Gasteiger partial charge is 0.321 e. The van der Waals surface area contributed by atoms with Crippen LogP contribution in [0, 0.1) is 11.8 Å². The lowest BCUT2D eigenvalue weighted by molar-refractivity contribution is 0.217. The fraction of sp³-hybridized carbons (Fsp3) is 0.778. The number of carbonyl (C=O) groups is 1. The molecule has 6 heteroatoms. The fourth-order valence-corrected chi connectivity index (χ4v) is 4.12. The summed E-state index contributed by atoms with van der Waals surface area (Å²) in [6, 6.07) is 0.463. The van der Waals surface area contributed by atoms with Gasteiger partial charge in [-0.25, -0.2) is 4.79 Å². The molecule has 0 spiro atoms. The van der Waals surface area contributed by atoms with Crippen molar-refractivity contribution in [2.75, 3.05) is 38.0 Å². The second-order valence-corrected chi connectivity index (χ2v) is 7.83. The summed E-state index contributed by atoms with van der Waals surface area (Å²) in [5, 5.41) is 7.44. The van der Waals surface area contributed by atoms with E-state index in [2.05, 4.69) is 22.2 Å². The zero-order chi connectivity index (χ0) is 16.5. The summed E-state index contributed by atoms with van der Waals surface area (Å²) in [7, 11) is 0. The molecule has 0 radical (unpaired) electrons. The van der Waals surface area contributed by atoms with Gasteiger partial charge in [-0.3, -0.25) is 4.68 Å². The largest absolute Gasteiger partial charge is 0.324 e. The van der Waals surface area contributed by atoms with Gasteiger partial charge < -0.3 is 15.1 Å². The van der Waals surface area contributed by atoms with Crippen LogP contribution in [0.4, 0.5) is 10.5 Å². The monoisotopic (exact) mass is 331 g/mol. The van der Waals surface area contributed by atoms with Crippen LogP contribution < -0.4 is 5.32 Å². The minimum absolute atomic E-state index is 0.0255. The molecule has 3 heterocycles. The van der Waals surface area contributed by atoms with Gasteiger partial charge in [0, 0.05) is 25.8 Å². The van der Waals surface area contributed by atoms with Crippen LogP contribution in [0.15, 0.2) is 12.4 Å². The summed E-state index contributed by atoms with van der Waals surface area (Å²) in [5.41, 5.74) is 0.815. The zero-order valence-corrected chi connectivity index (χ0v) is 14.7. The molecule has 1 aromatic rings. The number of likely N-dealkylation sites (tertiary alicyclic amines) is 2. The van der Waals surface area contributed by atoms with Crippen LogP contribution in [0.25, 0.3) is 0 Å². The van der Waals surface area contributed by atoms with Crippen LogP contribution in [0.3, 0.4) is 0 Å². The molecule has 3 fully saturated rings. The predicted octanol–water partition coefficient (Wildman–Crippen LogP) is 2.80. The van der Waals surface area contributed by atoms with Gasteiger partial charge in [0.2, 0.25) is 0 Å². The zero-order valence-electron chi connectivity index (χ0n) is 14.7. The Morgan fingerprint density at radius 2 is 2.08 bits per heavy atom. The highest BCUT2D eigenvalue weighted by Gasteiger charge is 2.30. The molecule has 1 aromatic heterocycles. The van der Waals surface area contributed by atoms with Crippen LogP contribution >= 0.6 is 0 Å². The number of nitrogens with one attached hydrogen (secondary N) is 1. The van der Waals surface area contributed by atoms with Crippen LogP contribution in [0.1, 0.15) is 45.1 Å². The molecular weight excluding hydrogens is 302 g/mol. The molecule has 6 nitrogen and oxygen atoms in total. The number of anilines is 1. The number of urea groups is 1. The Hall–Kier alpha value is -1.56. The summed E-state index contributed by atoms with van der Waals surface area (Å²) in [4.78, 5) is 17.0. The molecule has 2 atom stereocenters. The molecule has 2 amide bonds. The van der Waals surface area contributed by atoms with E-state index in [1.54, 1.807) is 6.20 Å². The molecule has 132 valence electrons. The van der Waals surface area contributed by atoms with Gasteiger partial charge in [-0.1, -0.05) is 0 Å². The van der Waals surface area contributed by atoms with Gasteiger partial charge in [0.05, 0.1) is 17.9 Å². The van der Waals surface area contributed by atoms with Crippen molar-refractivity contribution < 1.29 is 4.79 Å². The predicted molar refractivity (Wildman–Crippen MR) is 94.0 cm³/mol. The molecule has 3 aliphatic rings. The molecule has 4 rings (SSSR count). The van der Waals surface area contributed by atoms with Crippen LogP contribution in [0.2, 0.25) is 0 Å². The molecule has 0 unspecified atom stereocenters. The molecule has 2 saturated heterocycles. The quantitative estimate of drug-likeness (QED) is 0.903. The van der Waals surface area contributed by atoms with Gasteiger partial charge in [-0.2, -0.15) is 5.10 Å². The maximum absolute atomic E-state index is 12.5. The summed E-state index contributed by atoms with van der Waals surface area (Å²) < 4.78 is 1.99. The number of hydrogen-bond acceptors (Lipinski definition) is 3. The fourth-order valence-electron chi connectivity index (χ4n) is 4.12. The molecule has 1 saturated carbocycles. The number of carbonyl (C=O) groups excluding carboxylic acids is 1. The third-order valence-electron chi connectivity index (χ3n) is 5.86. The Bertz CT molecular complexity index is 576. The van der Waals surface area contributed by atoms with Crippen molar-refractivity contribution in [1.82, 2.24) is 19.6 Å². The van der Waals surface area contributed by atoms with E-state index in [1.165, 1.54) is 38.8 Å². The molecule has 0 bridgehead atoms. The van der Waals surface area contributed by atoms with Crippen LogP contribution in [0.5, 0.6) is 0 Å². The maximum atomic E-state index is 12.5. The van der Waals surface area contributed by atoms with Crippen molar-refractivity contribution in [1.29, 1.82) is 0 Å². The second-order valence-electron chi connectivity index (χ2n) is 7.83. The van der Waals surface area contributed by atoms with E-state index in [4.69, 9.17) is 0 Å².